The van der Waals surface area contributed by atoms with Crippen LogP contribution >= 0.6 is 24.0 Å². The zero-order valence-corrected chi connectivity index (χ0v) is 20.7. The van der Waals surface area contributed by atoms with E-state index in [2.05, 4.69) is 85.6 Å². The van der Waals surface area contributed by atoms with Crippen LogP contribution in [0.5, 0.6) is 0 Å². The van der Waals surface area contributed by atoms with Gasteiger partial charge in [-0.1, -0.05) is 44.2 Å². The lowest BCUT2D eigenvalue weighted by atomic mass is 9.76. The number of hydrogen-bond acceptors (Lipinski definition) is 3. The van der Waals surface area contributed by atoms with Crippen molar-refractivity contribution < 1.29 is 0 Å². The fourth-order valence-corrected chi connectivity index (χ4v) is 3.87. The SMILES string of the molecule is CCNC(=NCC(CC)(CC)c1ccccc1)NCC1CN(C)CCN1C.I. The summed E-state index contributed by atoms with van der Waals surface area (Å²) < 4.78 is 0. The fraction of sp³-hybridized carbons (Fsp3) is 0.682. The van der Waals surface area contributed by atoms with E-state index in [0.29, 0.717) is 6.04 Å². The molecule has 1 aromatic carbocycles. The molecule has 160 valence electrons. The Hall–Kier alpha value is -0.860. The van der Waals surface area contributed by atoms with E-state index in [4.69, 9.17) is 4.99 Å². The van der Waals surface area contributed by atoms with E-state index in [1.807, 2.05) is 0 Å². The van der Waals surface area contributed by atoms with Crippen LogP contribution in [0.25, 0.3) is 0 Å². The zero-order chi connectivity index (χ0) is 19.7. The molecular weight excluding hydrogens is 461 g/mol. The van der Waals surface area contributed by atoms with Gasteiger partial charge in [-0.15, -0.1) is 24.0 Å². The lowest BCUT2D eigenvalue weighted by Gasteiger charge is -2.38. The maximum absolute atomic E-state index is 4.99. The van der Waals surface area contributed by atoms with Crippen LogP contribution in [0.15, 0.2) is 35.3 Å². The van der Waals surface area contributed by atoms with Crippen LogP contribution in [0.1, 0.15) is 39.2 Å². The number of guanidine groups is 1. The minimum atomic E-state index is 0. The predicted molar refractivity (Wildman–Crippen MR) is 132 cm³/mol. The standard InChI is InChI=1S/C22H39N5.HI/c1-6-22(7-2,19-12-10-9-11-13-19)18-25-21(23-8-3)24-16-20-17-26(4)14-15-27(20)5;/h9-13,20H,6-8,14-18H2,1-5H3,(H2,23,24,25);1H. The second kappa shape index (κ2) is 12.6. The third-order valence-electron chi connectivity index (χ3n) is 6.11. The first-order valence-corrected chi connectivity index (χ1v) is 10.5. The molecule has 0 aliphatic carbocycles. The van der Waals surface area contributed by atoms with E-state index in [1.165, 1.54) is 5.56 Å². The van der Waals surface area contributed by atoms with Gasteiger partial charge in [0.05, 0.1) is 6.54 Å². The molecule has 1 atom stereocenters. The number of benzene rings is 1. The molecule has 0 bridgehead atoms. The number of likely N-dealkylation sites (N-methyl/N-ethyl adjacent to an activating group) is 2. The van der Waals surface area contributed by atoms with Gasteiger partial charge in [-0.25, -0.2) is 0 Å². The Morgan fingerprint density at radius 1 is 1.07 bits per heavy atom. The van der Waals surface area contributed by atoms with Crippen molar-refractivity contribution in [3.63, 3.8) is 0 Å². The summed E-state index contributed by atoms with van der Waals surface area (Å²) in [7, 11) is 4.42. The molecule has 2 rings (SSSR count). The number of nitrogens with one attached hydrogen (secondary N) is 2. The topological polar surface area (TPSA) is 42.9 Å². The molecule has 1 aliphatic heterocycles. The lowest BCUT2D eigenvalue weighted by Crippen LogP contribution is -2.55. The molecule has 0 aromatic heterocycles. The Morgan fingerprint density at radius 3 is 2.36 bits per heavy atom. The second-order valence-corrected chi connectivity index (χ2v) is 7.83. The van der Waals surface area contributed by atoms with E-state index in [9.17, 15) is 0 Å². The van der Waals surface area contributed by atoms with Gasteiger partial charge in [0.15, 0.2) is 5.96 Å². The van der Waals surface area contributed by atoms with E-state index < -0.39 is 0 Å². The van der Waals surface area contributed by atoms with Crippen molar-refractivity contribution in [1.29, 1.82) is 0 Å². The van der Waals surface area contributed by atoms with Gasteiger partial charge >= 0.3 is 0 Å². The molecule has 5 nitrogen and oxygen atoms in total. The first-order chi connectivity index (χ1) is 13.0. The third kappa shape index (κ3) is 6.88. The molecule has 28 heavy (non-hydrogen) atoms. The molecule has 1 fully saturated rings. The van der Waals surface area contributed by atoms with Crippen LogP contribution in [0.4, 0.5) is 0 Å². The van der Waals surface area contributed by atoms with Gasteiger partial charge in [0, 0.05) is 44.2 Å². The lowest BCUT2D eigenvalue weighted by molar-refractivity contribution is 0.116. The van der Waals surface area contributed by atoms with Gasteiger partial charge in [0.25, 0.3) is 0 Å². The van der Waals surface area contributed by atoms with E-state index >= 15 is 0 Å². The summed E-state index contributed by atoms with van der Waals surface area (Å²) in [5.41, 5.74) is 1.49. The van der Waals surface area contributed by atoms with Gasteiger partial charge in [0.1, 0.15) is 0 Å². The number of halogens is 1. The Kier molecular flexibility index (Phi) is 11.4. The van der Waals surface area contributed by atoms with E-state index in [-0.39, 0.29) is 29.4 Å². The Labute approximate surface area is 189 Å². The smallest absolute Gasteiger partial charge is 0.191 e. The molecular formula is C22H40IN5. The highest BCUT2D eigenvalue weighted by Crippen LogP contribution is 2.31. The number of aliphatic imine (C=N–C) groups is 1. The van der Waals surface area contributed by atoms with Crippen molar-refractivity contribution >= 4 is 29.9 Å². The molecule has 0 spiro atoms. The maximum atomic E-state index is 4.99. The van der Waals surface area contributed by atoms with E-state index in [1.54, 1.807) is 0 Å². The molecule has 6 heteroatoms. The summed E-state index contributed by atoms with van der Waals surface area (Å²) in [5, 5.41) is 7.01. The maximum Gasteiger partial charge on any atom is 0.191 e. The highest BCUT2D eigenvalue weighted by atomic mass is 127. The summed E-state index contributed by atoms with van der Waals surface area (Å²) in [6.07, 6.45) is 2.18. The van der Waals surface area contributed by atoms with Gasteiger partial charge < -0.3 is 15.5 Å². The second-order valence-electron chi connectivity index (χ2n) is 7.83. The van der Waals surface area contributed by atoms with Gasteiger partial charge in [-0.2, -0.15) is 0 Å². The van der Waals surface area contributed by atoms with Gasteiger partial charge in [0.2, 0.25) is 0 Å². The van der Waals surface area contributed by atoms with Crippen LogP contribution in [0.2, 0.25) is 0 Å². The van der Waals surface area contributed by atoms with Crippen LogP contribution in [0.3, 0.4) is 0 Å². The summed E-state index contributed by atoms with van der Waals surface area (Å²) in [6, 6.07) is 11.4. The van der Waals surface area contributed by atoms with Crippen LogP contribution < -0.4 is 10.6 Å². The molecule has 0 saturated carbocycles. The van der Waals surface area contributed by atoms with Crippen molar-refractivity contribution in [2.45, 2.75) is 45.1 Å². The quantitative estimate of drug-likeness (QED) is 0.326. The Balaban J connectivity index is 0.00000392. The highest BCUT2D eigenvalue weighted by Gasteiger charge is 2.28. The molecule has 1 unspecified atom stereocenters. The monoisotopic (exact) mass is 501 g/mol. The predicted octanol–water partition coefficient (Wildman–Crippen LogP) is 3.16. The average Bonchev–Trinajstić information content (AvgIpc) is 2.70. The van der Waals surface area contributed by atoms with Gasteiger partial charge in [-0.05, 0) is 39.4 Å². The summed E-state index contributed by atoms with van der Waals surface area (Å²) in [5.74, 6) is 0.932. The summed E-state index contributed by atoms with van der Waals surface area (Å²) >= 11 is 0. The van der Waals surface area contributed by atoms with Crippen LogP contribution in [-0.2, 0) is 5.41 Å². The molecule has 2 N–H and O–H groups in total. The van der Waals surface area contributed by atoms with Crippen molar-refractivity contribution in [3.8, 4) is 0 Å². The average molecular weight is 502 g/mol. The molecule has 0 radical (unpaired) electrons. The van der Waals surface area contributed by atoms with Crippen LogP contribution in [-0.4, -0.2) is 75.2 Å². The molecule has 1 aliphatic rings. The Bertz CT molecular complexity index is 574. The minimum absolute atomic E-state index is 0. The summed E-state index contributed by atoms with van der Waals surface area (Å²) in [6.45, 7) is 12.7. The van der Waals surface area contributed by atoms with E-state index in [0.717, 1.165) is 58.1 Å². The molecule has 1 heterocycles. The summed E-state index contributed by atoms with van der Waals surface area (Å²) in [4.78, 5) is 9.85. The van der Waals surface area contributed by atoms with Crippen molar-refractivity contribution in [3.05, 3.63) is 35.9 Å². The molecule has 0 amide bonds. The normalized spacial score (nSPS) is 19.2. The number of piperazine rings is 1. The number of rotatable bonds is 8. The van der Waals surface area contributed by atoms with Gasteiger partial charge in [-0.3, -0.25) is 9.89 Å². The first-order valence-electron chi connectivity index (χ1n) is 10.5. The third-order valence-corrected chi connectivity index (χ3v) is 6.11. The fourth-order valence-electron chi connectivity index (χ4n) is 3.87. The number of hydrogen-bond donors (Lipinski definition) is 2. The number of nitrogens with zero attached hydrogens (tertiary/aromatic N) is 3. The van der Waals surface area contributed by atoms with Crippen molar-refractivity contribution in [2.24, 2.45) is 4.99 Å². The van der Waals surface area contributed by atoms with Crippen molar-refractivity contribution in [1.82, 2.24) is 20.4 Å². The first kappa shape index (κ1) is 25.2. The highest BCUT2D eigenvalue weighted by molar-refractivity contribution is 14.0. The van der Waals surface area contributed by atoms with Crippen LogP contribution in [0, 0.1) is 0 Å². The molecule has 1 aromatic rings. The largest absolute Gasteiger partial charge is 0.357 e. The molecule has 1 saturated heterocycles. The van der Waals surface area contributed by atoms with Crippen molar-refractivity contribution in [2.75, 3.05) is 53.4 Å². The minimum Gasteiger partial charge on any atom is -0.357 e. The Morgan fingerprint density at radius 2 is 1.75 bits per heavy atom. The zero-order valence-electron chi connectivity index (χ0n) is 18.4.